The van der Waals surface area contributed by atoms with Gasteiger partial charge in [0.15, 0.2) is 0 Å². The second-order valence-corrected chi connectivity index (χ2v) is 4.95. The van der Waals surface area contributed by atoms with E-state index >= 15 is 0 Å². The summed E-state index contributed by atoms with van der Waals surface area (Å²) in [5.41, 5.74) is 2.67. The molecule has 0 amide bonds. The molecule has 1 aromatic carbocycles. The largest absolute Gasteiger partial charge is 0.496 e. The molecule has 1 heterocycles. The lowest BCUT2D eigenvalue weighted by Crippen LogP contribution is -2.02. The summed E-state index contributed by atoms with van der Waals surface area (Å²) in [5.74, 6) is 0.115. The van der Waals surface area contributed by atoms with Crippen molar-refractivity contribution in [1.82, 2.24) is 9.78 Å². The minimum absolute atomic E-state index is 0.201. The number of aromatic nitrogens is 2. The standard InChI is InChI=1S/C15H18N2O3/c1-9(2)11-7-10(5-6-13(11)20-4)14-12(15(18)19)8-16-17(14)3/h5-9H,1-4H3,(H,18,19). The first kappa shape index (κ1) is 14.1. The number of benzene rings is 1. The second kappa shape index (κ2) is 5.36. The van der Waals surface area contributed by atoms with Crippen LogP contribution in [0.5, 0.6) is 5.75 Å². The molecule has 0 saturated heterocycles. The fourth-order valence-corrected chi connectivity index (χ4v) is 2.27. The number of carboxylic acid groups (broad SMARTS) is 1. The second-order valence-electron chi connectivity index (χ2n) is 4.95. The van der Waals surface area contributed by atoms with Gasteiger partial charge in [0.05, 0.1) is 19.0 Å². The fourth-order valence-electron chi connectivity index (χ4n) is 2.27. The van der Waals surface area contributed by atoms with E-state index in [0.29, 0.717) is 5.69 Å². The van der Waals surface area contributed by atoms with Gasteiger partial charge in [-0.25, -0.2) is 4.79 Å². The lowest BCUT2D eigenvalue weighted by atomic mass is 9.97. The lowest BCUT2D eigenvalue weighted by molar-refractivity contribution is 0.0697. The topological polar surface area (TPSA) is 64.3 Å². The Bertz CT molecular complexity index is 645. The summed E-state index contributed by atoms with van der Waals surface area (Å²) in [6.07, 6.45) is 1.37. The highest BCUT2D eigenvalue weighted by Crippen LogP contribution is 2.32. The third-order valence-corrected chi connectivity index (χ3v) is 3.29. The summed E-state index contributed by atoms with van der Waals surface area (Å²) in [6.45, 7) is 4.14. The van der Waals surface area contributed by atoms with E-state index < -0.39 is 5.97 Å². The molecule has 2 rings (SSSR count). The number of aromatic carboxylic acids is 1. The van der Waals surface area contributed by atoms with Crippen molar-refractivity contribution in [3.8, 4) is 17.0 Å². The van der Waals surface area contributed by atoms with Crippen LogP contribution in [0.25, 0.3) is 11.3 Å². The zero-order chi connectivity index (χ0) is 14.9. The van der Waals surface area contributed by atoms with Crippen molar-refractivity contribution in [2.24, 2.45) is 7.05 Å². The van der Waals surface area contributed by atoms with Gasteiger partial charge in [0.2, 0.25) is 0 Å². The summed E-state index contributed by atoms with van der Waals surface area (Å²) in [5, 5.41) is 13.3. The summed E-state index contributed by atoms with van der Waals surface area (Å²) >= 11 is 0. The van der Waals surface area contributed by atoms with E-state index in [1.807, 2.05) is 18.2 Å². The average molecular weight is 274 g/mol. The van der Waals surface area contributed by atoms with Crippen molar-refractivity contribution < 1.29 is 14.6 Å². The summed E-state index contributed by atoms with van der Waals surface area (Å²) < 4.78 is 6.93. The molecule has 0 fully saturated rings. The van der Waals surface area contributed by atoms with Crippen LogP contribution >= 0.6 is 0 Å². The molecule has 0 unspecified atom stereocenters. The third-order valence-electron chi connectivity index (χ3n) is 3.29. The van der Waals surface area contributed by atoms with E-state index in [1.54, 1.807) is 18.8 Å². The maximum absolute atomic E-state index is 11.3. The van der Waals surface area contributed by atoms with Crippen molar-refractivity contribution in [1.29, 1.82) is 0 Å². The number of aryl methyl sites for hydroxylation is 1. The molecule has 2 aromatic rings. The molecule has 0 aliphatic heterocycles. The van der Waals surface area contributed by atoms with Crippen molar-refractivity contribution in [2.75, 3.05) is 7.11 Å². The van der Waals surface area contributed by atoms with Gasteiger partial charge in [0.1, 0.15) is 11.3 Å². The molecule has 0 spiro atoms. The van der Waals surface area contributed by atoms with Crippen LogP contribution in [0.3, 0.4) is 0 Å². The highest BCUT2D eigenvalue weighted by molar-refractivity contribution is 5.94. The van der Waals surface area contributed by atoms with E-state index in [0.717, 1.165) is 16.9 Å². The van der Waals surface area contributed by atoms with E-state index in [9.17, 15) is 9.90 Å². The van der Waals surface area contributed by atoms with Crippen LogP contribution < -0.4 is 4.74 Å². The van der Waals surface area contributed by atoms with Crippen molar-refractivity contribution >= 4 is 5.97 Å². The first-order chi connectivity index (χ1) is 9.45. The number of carboxylic acids is 1. The fraction of sp³-hybridized carbons (Fsp3) is 0.333. The molecular formula is C15H18N2O3. The molecule has 106 valence electrons. The molecule has 0 saturated carbocycles. The van der Waals surface area contributed by atoms with E-state index in [4.69, 9.17) is 4.74 Å². The number of rotatable bonds is 4. The minimum Gasteiger partial charge on any atom is -0.496 e. The highest BCUT2D eigenvalue weighted by atomic mass is 16.5. The van der Waals surface area contributed by atoms with E-state index in [2.05, 4.69) is 18.9 Å². The summed E-state index contributed by atoms with van der Waals surface area (Å²) in [4.78, 5) is 11.3. The number of hydrogen-bond donors (Lipinski definition) is 1. The van der Waals surface area contributed by atoms with Crippen LogP contribution in [0.2, 0.25) is 0 Å². The Morgan fingerprint density at radius 3 is 2.65 bits per heavy atom. The average Bonchev–Trinajstić information content (AvgIpc) is 2.80. The van der Waals surface area contributed by atoms with Gasteiger partial charge in [-0.1, -0.05) is 13.8 Å². The lowest BCUT2D eigenvalue weighted by Gasteiger charge is -2.14. The number of hydrogen-bond acceptors (Lipinski definition) is 3. The Kier molecular flexibility index (Phi) is 3.79. The van der Waals surface area contributed by atoms with Crippen LogP contribution in [-0.2, 0) is 7.05 Å². The van der Waals surface area contributed by atoms with Crippen LogP contribution in [-0.4, -0.2) is 28.0 Å². The predicted molar refractivity (Wildman–Crippen MR) is 76.2 cm³/mol. The zero-order valence-corrected chi connectivity index (χ0v) is 12.0. The van der Waals surface area contributed by atoms with Gasteiger partial charge in [-0.3, -0.25) is 4.68 Å². The van der Waals surface area contributed by atoms with Gasteiger partial charge in [0, 0.05) is 12.6 Å². The first-order valence-electron chi connectivity index (χ1n) is 6.39. The number of ether oxygens (including phenoxy) is 1. The summed E-state index contributed by atoms with van der Waals surface area (Å²) in [6, 6.07) is 5.68. The Labute approximate surface area is 117 Å². The van der Waals surface area contributed by atoms with Crippen LogP contribution in [0.1, 0.15) is 35.7 Å². The monoisotopic (exact) mass is 274 g/mol. The molecule has 0 radical (unpaired) electrons. The molecule has 0 aliphatic carbocycles. The van der Waals surface area contributed by atoms with Crippen molar-refractivity contribution in [2.45, 2.75) is 19.8 Å². The van der Waals surface area contributed by atoms with E-state index in [1.165, 1.54) is 6.20 Å². The SMILES string of the molecule is COc1ccc(-c2c(C(=O)O)cnn2C)cc1C(C)C. The van der Waals surface area contributed by atoms with Gasteiger partial charge in [-0.15, -0.1) is 0 Å². The molecular weight excluding hydrogens is 256 g/mol. The van der Waals surface area contributed by atoms with Crippen molar-refractivity contribution in [3.05, 3.63) is 35.5 Å². The molecule has 0 atom stereocenters. The van der Waals surface area contributed by atoms with Gasteiger partial charge in [-0.2, -0.15) is 5.10 Å². The van der Waals surface area contributed by atoms with Crippen LogP contribution in [0.15, 0.2) is 24.4 Å². The van der Waals surface area contributed by atoms with Gasteiger partial charge in [0.25, 0.3) is 0 Å². The number of carbonyl (C=O) groups is 1. The molecule has 1 aromatic heterocycles. The molecule has 20 heavy (non-hydrogen) atoms. The van der Waals surface area contributed by atoms with E-state index in [-0.39, 0.29) is 11.5 Å². The van der Waals surface area contributed by atoms with Crippen LogP contribution in [0, 0.1) is 0 Å². The van der Waals surface area contributed by atoms with Crippen LogP contribution in [0.4, 0.5) is 0 Å². The number of methoxy groups -OCH3 is 1. The Hall–Kier alpha value is -2.30. The van der Waals surface area contributed by atoms with Gasteiger partial charge >= 0.3 is 5.97 Å². The predicted octanol–water partition coefficient (Wildman–Crippen LogP) is 2.92. The maximum Gasteiger partial charge on any atom is 0.339 e. The first-order valence-corrected chi connectivity index (χ1v) is 6.39. The third kappa shape index (κ3) is 2.39. The minimum atomic E-state index is -0.977. The van der Waals surface area contributed by atoms with Gasteiger partial charge in [-0.05, 0) is 29.7 Å². The molecule has 0 bridgehead atoms. The molecule has 0 aliphatic rings. The zero-order valence-electron chi connectivity index (χ0n) is 12.0. The van der Waals surface area contributed by atoms with Crippen molar-refractivity contribution in [3.63, 3.8) is 0 Å². The highest BCUT2D eigenvalue weighted by Gasteiger charge is 2.18. The quantitative estimate of drug-likeness (QED) is 0.931. The molecule has 5 heteroatoms. The molecule has 5 nitrogen and oxygen atoms in total. The Morgan fingerprint density at radius 1 is 1.40 bits per heavy atom. The summed E-state index contributed by atoms with van der Waals surface area (Å²) in [7, 11) is 3.37. The Morgan fingerprint density at radius 2 is 2.10 bits per heavy atom. The van der Waals surface area contributed by atoms with Gasteiger partial charge < -0.3 is 9.84 Å². The Balaban J connectivity index is 2.62. The smallest absolute Gasteiger partial charge is 0.339 e. The number of nitrogens with zero attached hydrogens (tertiary/aromatic N) is 2. The molecule has 1 N–H and O–H groups in total. The maximum atomic E-state index is 11.3. The normalized spacial score (nSPS) is 10.8.